The summed E-state index contributed by atoms with van der Waals surface area (Å²) in [7, 11) is 0. The first-order valence-electron chi connectivity index (χ1n) is 15.7. The summed E-state index contributed by atoms with van der Waals surface area (Å²) in [6.45, 7) is 3.35. The highest BCUT2D eigenvalue weighted by molar-refractivity contribution is 5.92. The number of carboxylic acid groups (broad SMARTS) is 1. The van der Waals surface area contributed by atoms with Crippen molar-refractivity contribution in [1.82, 2.24) is 5.32 Å². The Labute approximate surface area is 257 Å². The van der Waals surface area contributed by atoms with Gasteiger partial charge in [-0.15, -0.1) is 0 Å². The highest BCUT2D eigenvalue weighted by Crippen LogP contribution is 2.67. The number of hydrogen-bond donors (Lipinski definition) is 4. The molecule has 0 radical (unpaired) electrons. The SMILES string of the molecule is C[C@]12CCC(=O)C=C1CC[C@@H]1[C@@H]2[C@@H](O)C[C@@]2(C)[C@H]1CC[C@]2(O)C(=O)COC(=O)CCC(=O)N[C@@H](Cc1ccccc1)C(=O)O. The van der Waals surface area contributed by atoms with E-state index in [1.807, 2.05) is 6.92 Å². The Kier molecular flexibility index (Phi) is 8.88. The van der Waals surface area contributed by atoms with E-state index in [4.69, 9.17) is 4.74 Å². The number of rotatable bonds is 10. The summed E-state index contributed by atoms with van der Waals surface area (Å²) in [6, 6.07) is 7.70. The van der Waals surface area contributed by atoms with Gasteiger partial charge in [-0.1, -0.05) is 49.8 Å². The number of aliphatic carboxylic acids is 1. The number of aliphatic hydroxyl groups excluding tert-OH is 1. The van der Waals surface area contributed by atoms with Gasteiger partial charge in [-0.3, -0.25) is 19.2 Å². The number of Topliss-reactive ketones (excluding diaryl/α,β-unsaturated/α-hetero) is 1. The number of ketones is 2. The quantitative estimate of drug-likeness (QED) is 0.292. The Morgan fingerprint density at radius 2 is 1.77 bits per heavy atom. The number of nitrogens with one attached hydrogen (secondary N) is 1. The van der Waals surface area contributed by atoms with Gasteiger partial charge in [0.05, 0.1) is 12.5 Å². The number of carbonyl (C=O) groups is 5. The number of amides is 1. The van der Waals surface area contributed by atoms with Crippen LogP contribution in [-0.4, -0.2) is 69.1 Å². The van der Waals surface area contributed by atoms with Gasteiger partial charge in [0.2, 0.25) is 11.7 Å². The number of esters is 1. The van der Waals surface area contributed by atoms with Crippen LogP contribution in [0.25, 0.3) is 0 Å². The number of benzene rings is 1. The second-order valence-electron chi connectivity index (χ2n) is 13.7. The monoisotopic (exact) mass is 609 g/mol. The van der Waals surface area contributed by atoms with E-state index in [1.54, 1.807) is 36.4 Å². The number of fused-ring (bicyclic) bond motifs is 5. The maximum absolute atomic E-state index is 13.5. The average Bonchev–Trinajstić information content (AvgIpc) is 3.25. The fourth-order valence-corrected chi connectivity index (χ4v) is 9.02. The van der Waals surface area contributed by atoms with Crippen LogP contribution in [0.4, 0.5) is 0 Å². The zero-order chi connectivity index (χ0) is 31.9. The third-order valence-corrected chi connectivity index (χ3v) is 11.3. The largest absolute Gasteiger partial charge is 0.480 e. The molecule has 3 fully saturated rings. The number of carbonyl (C=O) groups excluding carboxylic acids is 4. The molecule has 5 rings (SSSR count). The second-order valence-corrected chi connectivity index (χ2v) is 13.7. The Balaban J connectivity index is 1.16. The molecule has 4 aliphatic carbocycles. The number of allylic oxidation sites excluding steroid dienone is 1. The van der Waals surface area contributed by atoms with Gasteiger partial charge < -0.3 is 25.4 Å². The third kappa shape index (κ3) is 5.74. The molecule has 1 amide bonds. The number of aliphatic hydroxyl groups is 2. The van der Waals surface area contributed by atoms with Crippen molar-refractivity contribution in [3.63, 3.8) is 0 Å². The summed E-state index contributed by atoms with van der Waals surface area (Å²) < 4.78 is 5.19. The van der Waals surface area contributed by atoms with E-state index in [-0.39, 0.29) is 61.1 Å². The lowest BCUT2D eigenvalue weighted by Crippen LogP contribution is -2.62. The van der Waals surface area contributed by atoms with Gasteiger partial charge in [0.25, 0.3) is 0 Å². The van der Waals surface area contributed by atoms with Gasteiger partial charge >= 0.3 is 11.9 Å². The van der Waals surface area contributed by atoms with Crippen molar-refractivity contribution < 1.29 is 44.0 Å². The molecule has 10 heteroatoms. The maximum Gasteiger partial charge on any atom is 0.326 e. The van der Waals surface area contributed by atoms with E-state index < -0.39 is 53.4 Å². The van der Waals surface area contributed by atoms with Gasteiger partial charge in [-0.25, -0.2) is 4.79 Å². The Hall–Kier alpha value is -3.37. The van der Waals surface area contributed by atoms with Gasteiger partial charge in [0, 0.05) is 24.7 Å². The van der Waals surface area contributed by atoms with Crippen molar-refractivity contribution in [2.24, 2.45) is 28.6 Å². The van der Waals surface area contributed by atoms with E-state index in [2.05, 4.69) is 12.2 Å². The molecule has 8 atom stereocenters. The fourth-order valence-electron chi connectivity index (χ4n) is 9.02. The topological polar surface area (TPSA) is 167 Å². The van der Waals surface area contributed by atoms with E-state index in [0.29, 0.717) is 19.3 Å². The molecule has 1 aromatic rings. The summed E-state index contributed by atoms with van der Waals surface area (Å²) in [5, 5.41) is 35.3. The van der Waals surface area contributed by atoms with Crippen LogP contribution in [0, 0.1) is 28.6 Å². The smallest absolute Gasteiger partial charge is 0.326 e. The molecule has 44 heavy (non-hydrogen) atoms. The molecule has 10 nitrogen and oxygen atoms in total. The second kappa shape index (κ2) is 12.2. The van der Waals surface area contributed by atoms with Crippen molar-refractivity contribution in [2.45, 2.75) is 95.8 Å². The molecule has 0 bridgehead atoms. The van der Waals surface area contributed by atoms with Crippen molar-refractivity contribution in [1.29, 1.82) is 0 Å². The minimum absolute atomic E-state index is 0.00156. The Morgan fingerprint density at radius 3 is 2.48 bits per heavy atom. The summed E-state index contributed by atoms with van der Waals surface area (Å²) in [4.78, 5) is 62.1. The van der Waals surface area contributed by atoms with Gasteiger partial charge in [-0.2, -0.15) is 0 Å². The first-order chi connectivity index (χ1) is 20.8. The standard InChI is InChI=1S/C34H43NO9/c1-32-14-12-22(36)17-21(32)8-9-23-24-13-15-34(43,33(24,2)18-26(37)30(23)32)27(38)19-44-29(40)11-10-28(39)35-25(31(41)42)16-20-6-4-3-5-7-20/h3-7,17,23-26,30,37,43H,8-16,18-19H2,1-2H3,(H,35,39)(H,41,42)/t23-,24-,25-,26-,30+,32-,33-,34-/m0/s1. The molecule has 0 saturated heterocycles. The van der Waals surface area contributed by atoms with E-state index in [1.165, 1.54) is 0 Å². The number of carboxylic acids is 1. The molecule has 0 aromatic heterocycles. The molecule has 0 heterocycles. The summed E-state index contributed by atoms with van der Waals surface area (Å²) >= 11 is 0. The molecular formula is C34H43NO9. The first-order valence-corrected chi connectivity index (χ1v) is 15.7. The van der Waals surface area contributed by atoms with Gasteiger partial charge in [-0.05, 0) is 73.3 Å². The summed E-state index contributed by atoms with van der Waals surface area (Å²) in [5.74, 6) is -3.07. The minimum atomic E-state index is -1.77. The molecule has 1 aromatic carbocycles. The van der Waals surface area contributed by atoms with Gasteiger partial charge in [0.1, 0.15) is 11.6 Å². The van der Waals surface area contributed by atoms with Crippen LogP contribution in [0.2, 0.25) is 0 Å². The van der Waals surface area contributed by atoms with Crippen LogP contribution in [0.5, 0.6) is 0 Å². The minimum Gasteiger partial charge on any atom is -0.480 e. The van der Waals surface area contributed by atoms with Crippen LogP contribution in [-0.2, 0) is 35.1 Å². The van der Waals surface area contributed by atoms with Crippen LogP contribution < -0.4 is 5.32 Å². The lowest BCUT2D eigenvalue weighted by molar-refractivity contribution is -0.184. The molecule has 3 saturated carbocycles. The Bertz CT molecular complexity index is 1360. The third-order valence-electron chi connectivity index (χ3n) is 11.3. The van der Waals surface area contributed by atoms with Crippen LogP contribution in [0.1, 0.15) is 77.2 Å². The van der Waals surface area contributed by atoms with E-state index >= 15 is 0 Å². The molecule has 0 aliphatic heterocycles. The normalized spacial score (nSPS) is 34.9. The molecule has 4 aliphatic rings. The molecule has 0 unspecified atom stereocenters. The number of ether oxygens (including phenoxy) is 1. The predicted octanol–water partition coefficient (Wildman–Crippen LogP) is 2.92. The van der Waals surface area contributed by atoms with Crippen LogP contribution in [0.3, 0.4) is 0 Å². The number of hydrogen-bond acceptors (Lipinski definition) is 8. The first kappa shape index (κ1) is 32.0. The zero-order valence-corrected chi connectivity index (χ0v) is 25.4. The molecule has 238 valence electrons. The zero-order valence-electron chi connectivity index (χ0n) is 25.4. The van der Waals surface area contributed by atoms with Gasteiger partial charge in [0.15, 0.2) is 12.4 Å². The molecule has 0 spiro atoms. The molecule has 4 N–H and O–H groups in total. The Morgan fingerprint density at radius 1 is 1.05 bits per heavy atom. The van der Waals surface area contributed by atoms with Crippen LogP contribution in [0.15, 0.2) is 42.0 Å². The summed E-state index contributed by atoms with van der Waals surface area (Å²) in [6.07, 6.45) is 4.20. The predicted molar refractivity (Wildman–Crippen MR) is 158 cm³/mol. The van der Waals surface area contributed by atoms with Crippen molar-refractivity contribution in [2.75, 3.05) is 6.61 Å². The highest BCUT2D eigenvalue weighted by atomic mass is 16.5. The maximum atomic E-state index is 13.5. The summed E-state index contributed by atoms with van der Waals surface area (Å²) in [5.41, 5.74) is -1.10. The molecular weight excluding hydrogens is 566 g/mol. The lowest BCUT2D eigenvalue weighted by Gasteiger charge is -2.60. The van der Waals surface area contributed by atoms with E-state index in [9.17, 15) is 39.3 Å². The van der Waals surface area contributed by atoms with Crippen LogP contribution >= 0.6 is 0 Å². The van der Waals surface area contributed by atoms with Crippen molar-refractivity contribution in [3.05, 3.63) is 47.5 Å². The highest BCUT2D eigenvalue weighted by Gasteiger charge is 2.68. The average molecular weight is 610 g/mol. The van der Waals surface area contributed by atoms with Crippen molar-refractivity contribution in [3.8, 4) is 0 Å². The lowest BCUT2D eigenvalue weighted by atomic mass is 9.45. The fraction of sp³-hybridized carbons (Fsp3) is 0.618. The van der Waals surface area contributed by atoms with E-state index in [0.717, 1.165) is 24.0 Å². The van der Waals surface area contributed by atoms with Crippen molar-refractivity contribution >= 4 is 29.4 Å².